The monoisotopic (exact) mass is 288 g/mol. The number of halogens is 2. The third-order valence-electron chi connectivity index (χ3n) is 3.53. The smallest absolute Gasteiger partial charge is 0.264 e. The molecular formula is C16H14F2N2O. The summed E-state index contributed by atoms with van der Waals surface area (Å²) in [5.41, 5.74) is 1.12. The summed E-state index contributed by atoms with van der Waals surface area (Å²) < 4.78 is 27.7. The molecular weight excluding hydrogens is 274 g/mol. The Morgan fingerprint density at radius 1 is 1.05 bits per heavy atom. The number of rotatable bonds is 1. The summed E-state index contributed by atoms with van der Waals surface area (Å²) in [5, 5.41) is 3.19. The van der Waals surface area contributed by atoms with Crippen LogP contribution in [-0.4, -0.2) is 19.0 Å². The van der Waals surface area contributed by atoms with Gasteiger partial charge in [0.25, 0.3) is 5.91 Å². The van der Waals surface area contributed by atoms with Crippen molar-refractivity contribution in [2.45, 2.75) is 6.54 Å². The molecule has 108 valence electrons. The molecule has 5 heteroatoms. The molecule has 0 saturated carbocycles. The van der Waals surface area contributed by atoms with Gasteiger partial charge in [0.15, 0.2) is 0 Å². The van der Waals surface area contributed by atoms with Gasteiger partial charge in [-0.3, -0.25) is 4.79 Å². The van der Waals surface area contributed by atoms with Crippen LogP contribution in [0.2, 0.25) is 0 Å². The number of hydrogen-bond donors (Lipinski definition) is 1. The molecule has 0 aliphatic carbocycles. The van der Waals surface area contributed by atoms with E-state index < -0.39 is 23.1 Å². The molecule has 0 unspecified atom stereocenters. The third-order valence-corrected chi connectivity index (χ3v) is 3.53. The molecule has 1 amide bonds. The summed E-state index contributed by atoms with van der Waals surface area (Å²) >= 11 is 0. The zero-order chi connectivity index (χ0) is 14.8. The molecule has 0 radical (unpaired) electrons. The molecule has 3 nitrogen and oxygen atoms in total. The van der Waals surface area contributed by atoms with E-state index in [1.54, 1.807) is 6.07 Å². The highest BCUT2D eigenvalue weighted by molar-refractivity contribution is 6.07. The van der Waals surface area contributed by atoms with Crippen molar-refractivity contribution in [3.05, 3.63) is 65.2 Å². The maximum Gasteiger partial charge on any atom is 0.264 e. The minimum Gasteiger partial charge on any atom is -0.311 e. The number of amides is 1. The quantitative estimate of drug-likeness (QED) is 0.875. The van der Waals surface area contributed by atoms with Crippen LogP contribution < -0.4 is 10.2 Å². The van der Waals surface area contributed by atoms with Crippen molar-refractivity contribution < 1.29 is 13.6 Å². The van der Waals surface area contributed by atoms with Crippen LogP contribution in [0.4, 0.5) is 14.5 Å². The van der Waals surface area contributed by atoms with Crippen molar-refractivity contribution in [3.8, 4) is 0 Å². The molecule has 3 rings (SSSR count). The normalized spacial score (nSPS) is 14.5. The Hall–Kier alpha value is -2.27. The van der Waals surface area contributed by atoms with Crippen molar-refractivity contribution in [2.24, 2.45) is 0 Å². The number of para-hydroxylation sites is 1. The number of benzene rings is 2. The molecule has 2 aromatic rings. The lowest BCUT2D eigenvalue weighted by atomic mass is 10.1. The van der Waals surface area contributed by atoms with Gasteiger partial charge < -0.3 is 10.2 Å². The van der Waals surface area contributed by atoms with Gasteiger partial charge in [-0.2, -0.15) is 0 Å². The maximum absolute atomic E-state index is 13.8. The topological polar surface area (TPSA) is 32.3 Å². The highest BCUT2D eigenvalue weighted by Crippen LogP contribution is 2.25. The molecule has 1 aliphatic heterocycles. The average molecular weight is 288 g/mol. The van der Waals surface area contributed by atoms with Gasteiger partial charge in [-0.15, -0.1) is 0 Å². The Balaban J connectivity index is 2.06. The highest BCUT2D eigenvalue weighted by atomic mass is 19.1. The van der Waals surface area contributed by atoms with E-state index in [2.05, 4.69) is 5.32 Å². The molecule has 1 heterocycles. The molecule has 1 aliphatic rings. The van der Waals surface area contributed by atoms with E-state index >= 15 is 0 Å². The van der Waals surface area contributed by atoms with Crippen LogP contribution >= 0.6 is 0 Å². The minimum atomic E-state index is -0.838. The van der Waals surface area contributed by atoms with Crippen LogP contribution in [0.15, 0.2) is 42.5 Å². The Morgan fingerprint density at radius 2 is 1.76 bits per heavy atom. The third kappa shape index (κ3) is 2.52. The largest absolute Gasteiger partial charge is 0.311 e. The summed E-state index contributed by atoms with van der Waals surface area (Å²) in [6.45, 7) is 1.56. The van der Waals surface area contributed by atoms with Crippen molar-refractivity contribution in [3.63, 3.8) is 0 Å². The van der Waals surface area contributed by atoms with Gasteiger partial charge in [-0.05, 0) is 23.8 Å². The van der Waals surface area contributed by atoms with Crippen LogP contribution in [0.3, 0.4) is 0 Å². The number of anilines is 1. The van der Waals surface area contributed by atoms with Gasteiger partial charge in [0, 0.05) is 25.3 Å². The number of carbonyl (C=O) groups excluding carboxylic acids is 1. The fourth-order valence-electron chi connectivity index (χ4n) is 2.51. The van der Waals surface area contributed by atoms with Crippen LogP contribution in [-0.2, 0) is 6.54 Å². The Bertz CT molecular complexity index is 667. The van der Waals surface area contributed by atoms with Crippen LogP contribution in [0.5, 0.6) is 0 Å². The summed E-state index contributed by atoms with van der Waals surface area (Å²) in [6.07, 6.45) is 0. The number of nitrogens with zero attached hydrogens (tertiary/aromatic N) is 1. The van der Waals surface area contributed by atoms with Crippen LogP contribution in [0, 0.1) is 11.6 Å². The molecule has 0 saturated heterocycles. The summed E-state index contributed by atoms with van der Waals surface area (Å²) in [4.78, 5) is 14.0. The maximum atomic E-state index is 13.8. The molecule has 21 heavy (non-hydrogen) atoms. The lowest BCUT2D eigenvalue weighted by Crippen LogP contribution is -2.35. The van der Waals surface area contributed by atoms with Crippen molar-refractivity contribution >= 4 is 11.6 Å². The van der Waals surface area contributed by atoms with Crippen LogP contribution in [0.25, 0.3) is 0 Å². The first-order valence-electron chi connectivity index (χ1n) is 6.73. The summed E-state index contributed by atoms with van der Waals surface area (Å²) in [6, 6.07) is 10.8. The van der Waals surface area contributed by atoms with Crippen LogP contribution in [0.1, 0.15) is 15.9 Å². The number of hydrogen-bond acceptors (Lipinski definition) is 2. The molecule has 1 N–H and O–H groups in total. The predicted octanol–water partition coefficient (Wildman–Crippen LogP) is 2.71. The summed E-state index contributed by atoms with van der Waals surface area (Å²) in [5.74, 6) is -2.33. The van der Waals surface area contributed by atoms with Crippen molar-refractivity contribution in [2.75, 3.05) is 18.0 Å². The zero-order valence-electron chi connectivity index (χ0n) is 11.3. The molecule has 0 spiro atoms. The SMILES string of the molecule is O=C(c1c(F)cccc1F)N1CCNCc2ccccc21. The van der Waals surface area contributed by atoms with Gasteiger partial charge in [0.1, 0.15) is 17.2 Å². The Morgan fingerprint density at radius 3 is 2.52 bits per heavy atom. The molecule has 2 aromatic carbocycles. The van der Waals surface area contributed by atoms with Gasteiger partial charge in [-0.25, -0.2) is 8.78 Å². The first kappa shape index (κ1) is 13.7. The van der Waals surface area contributed by atoms with E-state index in [0.29, 0.717) is 25.3 Å². The van der Waals surface area contributed by atoms with Gasteiger partial charge in [0.2, 0.25) is 0 Å². The first-order valence-corrected chi connectivity index (χ1v) is 6.73. The number of carbonyl (C=O) groups is 1. The van der Waals surface area contributed by atoms with Gasteiger partial charge >= 0.3 is 0 Å². The van der Waals surface area contributed by atoms with Crippen molar-refractivity contribution in [1.82, 2.24) is 5.32 Å². The van der Waals surface area contributed by atoms with E-state index in [-0.39, 0.29) is 0 Å². The molecule has 0 fully saturated rings. The standard InChI is InChI=1S/C16H14F2N2O/c17-12-5-3-6-13(18)15(12)16(21)20-9-8-19-10-11-4-1-2-7-14(11)20/h1-7,19H,8-10H2. The first-order chi connectivity index (χ1) is 10.2. The van der Waals surface area contributed by atoms with Gasteiger partial charge in [0.05, 0.1) is 0 Å². The lowest BCUT2D eigenvalue weighted by molar-refractivity contribution is 0.0979. The van der Waals surface area contributed by atoms with E-state index in [1.807, 2.05) is 18.2 Å². The van der Waals surface area contributed by atoms with Crippen molar-refractivity contribution in [1.29, 1.82) is 0 Å². The second-order valence-electron chi connectivity index (χ2n) is 4.86. The number of fused-ring (bicyclic) bond motifs is 1. The van der Waals surface area contributed by atoms with E-state index in [9.17, 15) is 13.6 Å². The average Bonchev–Trinajstić information content (AvgIpc) is 2.69. The highest BCUT2D eigenvalue weighted by Gasteiger charge is 2.26. The van der Waals surface area contributed by atoms with Gasteiger partial charge in [-0.1, -0.05) is 24.3 Å². The van der Waals surface area contributed by atoms with E-state index in [1.165, 1.54) is 11.0 Å². The summed E-state index contributed by atoms with van der Waals surface area (Å²) in [7, 11) is 0. The fourth-order valence-corrected chi connectivity index (χ4v) is 2.51. The fraction of sp³-hybridized carbons (Fsp3) is 0.188. The lowest BCUT2D eigenvalue weighted by Gasteiger charge is -2.23. The van der Waals surface area contributed by atoms with E-state index in [4.69, 9.17) is 0 Å². The second-order valence-corrected chi connectivity index (χ2v) is 4.86. The predicted molar refractivity (Wildman–Crippen MR) is 76.2 cm³/mol. The Kier molecular flexibility index (Phi) is 3.66. The molecule has 0 aromatic heterocycles. The minimum absolute atomic E-state index is 0.365. The number of nitrogens with one attached hydrogen (secondary N) is 1. The molecule has 0 bridgehead atoms. The Labute approximate surface area is 121 Å². The zero-order valence-corrected chi connectivity index (χ0v) is 11.3. The molecule has 0 atom stereocenters. The second kappa shape index (κ2) is 5.61. The van der Waals surface area contributed by atoms with E-state index in [0.717, 1.165) is 17.7 Å².